The molecule has 1 aromatic rings. The third kappa shape index (κ3) is 2.16. The van der Waals surface area contributed by atoms with Crippen LogP contribution in [0.1, 0.15) is 64.8 Å². The number of hydrogen-bond acceptors (Lipinski definition) is 2. The van der Waals surface area contributed by atoms with Gasteiger partial charge in [-0.25, -0.2) is 0 Å². The van der Waals surface area contributed by atoms with Crippen LogP contribution in [-0.4, -0.2) is 6.04 Å². The molecule has 20 heavy (non-hydrogen) atoms. The van der Waals surface area contributed by atoms with Gasteiger partial charge in [-0.05, 0) is 53.4 Å². The summed E-state index contributed by atoms with van der Waals surface area (Å²) in [5.41, 5.74) is 0.954. The second-order valence-corrected chi connectivity index (χ2v) is 9.23. The lowest BCUT2D eigenvalue weighted by molar-refractivity contribution is 0.0921. The first-order chi connectivity index (χ1) is 9.34. The Morgan fingerprint density at radius 2 is 2.05 bits per heavy atom. The molecule has 4 atom stereocenters. The Balaban J connectivity index is 1.85. The second kappa shape index (κ2) is 4.84. The molecule has 0 radical (unpaired) electrons. The molecule has 0 amide bonds. The van der Waals surface area contributed by atoms with Crippen LogP contribution >= 0.6 is 11.3 Å². The Kier molecular flexibility index (Phi) is 3.53. The van der Waals surface area contributed by atoms with Crippen LogP contribution in [-0.2, 0) is 0 Å². The molecule has 2 aliphatic carbocycles. The van der Waals surface area contributed by atoms with Crippen LogP contribution in [0.2, 0.25) is 0 Å². The first-order valence-corrected chi connectivity index (χ1v) is 9.02. The molecular formula is C18H29NS. The molecule has 3 rings (SSSR count). The van der Waals surface area contributed by atoms with Gasteiger partial charge in [-0.1, -0.05) is 40.7 Å². The van der Waals surface area contributed by atoms with Crippen molar-refractivity contribution in [3.8, 4) is 0 Å². The van der Waals surface area contributed by atoms with Crippen LogP contribution < -0.4 is 5.32 Å². The number of fused-ring (bicyclic) bond motifs is 2. The van der Waals surface area contributed by atoms with Crippen molar-refractivity contribution in [3.05, 3.63) is 22.4 Å². The van der Waals surface area contributed by atoms with E-state index >= 15 is 0 Å². The van der Waals surface area contributed by atoms with Crippen molar-refractivity contribution < 1.29 is 0 Å². The number of thiophene rings is 1. The van der Waals surface area contributed by atoms with E-state index in [1.807, 2.05) is 11.3 Å². The molecule has 0 spiro atoms. The van der Waals surface area contributed by atoms with E-state index in [9.17, 15) is 0 Å². The van der Waals surface area contributed by atoms with Crippen molar-refractivity contribution in [2.75, 3.05) is 0 Å². The Labute approximate surface area is 128 Å². The molecular weight excluding hydrogens is 262 g/mol. The molecule has 1 aromatic heterocycles. The molecule has 2 heteroatoms. The zero-order valence-corrected chi connectivity index (χ0v) is 14.4. The Hall–Kier alpha value is -0.340. The molecule has 1 N–H and O–H groups in total. The van der Waals surface area contributed by atoms with Crippen LogP contribution in [0.4, 0.5) is 0 Å². The van der Waals surface area contributed by atoms with E-state index in [1.165, 1.54) is 24.1 Å². The minimum absolute atomic E-state index is 0.442. The van der Waals surface area contributed by atoms with E-state index in [0.29, 0.717) is 28.8 Å². The maximum atomic E-state index is 4.09. The fourth-order valence-electron chi connectivity index (χ4n) is 4.97. The van der Waals surface area contributed by atoms with Crippen molar-refractivity contribution in [3.63, 3.8) is 0 Å². The molecule has 2 bridgehead atoms. The predicted molar refractivity (Wildman–Crippen MR) is 88.1 cm³/mol. The van der Waals surface area contributed by atoms with E-state index in [-0.39, 0.29) is 0 Å². The predicted octanol–water partition coefficient (Wildman–Crippen LogP) is 5.25. The summed E-state index contributed by atoms with van der Waals surface area (Å²) in [4.78, 5) is 1.50. The van der Waals surface area contributed by atoms with Crippen LogP contribution in [0.5, 0.6) is 0 Å². The van der Waals surface area contributed by atoms with Crippen molar-refractivity contribution in [1.29, 1.82) is 0 Å². The smallest absolute Gasteiger partial charge is 0.0440 e. The quantitative estimate of drug-likeness (QED) is 0.799. The molecule has 1 nitrogen and oxygen atoms in total. The van der Waals surface area contributed by atoms with Gasteiger partial charge >= 0.3 is 0 Å². The SMILES string of the molecule is CC(C)C(NC1C(C)(C)[C@H]2CC[C@]1(C)C2)c1cccs1. The van der Waals surface area contributed by atoms with E-state index in [2.05, 4.69) is 57.4 Å². The Morgan fingerprint density at radius 3 is 2.55 bits per heavy atom. The van der Waals surface area contributed by atoms with Gasteiger partial charge in [-0.2, -0.15) is 0 Å². The van der Waals surface area contributed by atoms with Gasteiger partial charge in [0.2, 0.25) is 0 Å². The van der Waals surface area contributed by atoms with E-state index in [4.69, 9.17) is 0 Å². The molecule has 2 saturated carbocycles. The summed E-state index contributed by atoms with van der Waals surface area (Å²) in [5.74, 6) is 1.56. The molecule has 1 heterocycles. The lowest BCUT2D eigenvalue weighted by Crippen LogP contribution is -2.52. The largest absolute Gasteiger partial charge is 0.305 e. The highest BCUT2D eigenvalue weighted by atomic mass is 32.1. The Morgan fingerprint density at radius 1 is 1.30 bits per heavy atom. The van der Waals surface area contributed by atoms with Crippen molar-refractivity contribution >= 4 is 11.3 Å². The van der Waals surface area contributed by atoms with Gasteiger partial charge in [-0.15, -0.1) is 11.3 Å². The number of rotatable bonds is 4. The summed E-state index contributed by atoms with van der Waals surface area (Å²) < 4.78 is 0. The number of hydrogen-bond donors (Lipinski definition) is 1. The van der Waals surface area contributed by atoms with Crippen LogP contribution in [0.3, 0.4) is 0 Å². The average molecular weight is 292 g/mol. The summed E-state index contributed by atoms with van der Waals surface area (Å²) in [5, 5.41) is 6.30. The van der Waals surface area contributed by atoms with Gasteiger partial charge in [0.25, 0.3) is 0 Å². The highest BCUT2D eigenvalue weighted by Gasteiger charge is 2.59. The lowest BCUT2D eigenvalue weighted by Gasteiger charge is -2.45. The maximum Gasteiger partial charge on any atom is 0.0440 e. The topological polar surface area (TPSA) is 12.0 Å². The minimum atomic E-state index is 0.442. The van der Waals surface area contributed by atoms with Crippen molar-refractivity contribution in [1.82, 2.24) is 5.32 Å². The van der Waals surface area contributed by atoms with Gasteiger partial charge in [0.1, 0.15) is 0 Å². The summed E-state index contributed by atoms with van der Waals surface area (Å²) in [6.45, 7) is 12.2. The molecule has 0 aromatic carbocycles. The van der Waals surface area contributed by atoms with Crippen LogP contribution in [0.15, 0.2) is 17.5 Å². The van der Waals surface area contributed by atoms with Crippen molar-refractivity contribution in [2.24, 2.45) is 22.7 Å². The summed E-state index contributed by atoms with van der Waals surface area (Å²) in [6, 6.07) is 5.65. The molecule has 0 aliphatic heterocycles. The second-order valence-electron chi connectivity index (χ2n) is 8.25. The third-order valence-electron chi connectivity index (χ3n) is 6.13. The van der Waals surface area contributed by atoms with Gasteiger partial charge in [0.15, 0.2) is 0 Å². The maximum absolute atomic E-state index is 4.09. The first kappa shape index (κ1) is 14.6. The summed E-state index contributed by atoms with van der Waals surface area (Å²) in [7, 11) is 0. The number of nitrogens with one attached hydrogen (secondary N) is 1. The van der Waals surface area contributed by atoms with Crippen molar-refractivity contribution in [2.45, 2.75) is 66.0 Å². The van der Waals surface area contributed by atoms with Gasteiger partial charge in [0.05, 0.1) is 0 Å². The normalized spacial score (nSPS) is 36.7. The third-order valence-corrected chi connectivity index (χ3v) is 7.09. The zero-order valence-electron chi connectivity index (χ0n) is 13.6. The minimum Gasteiger partial charge on any atom is -0.305 e. The van der Waals surface area contributed by atoms with Gasteiger partial charge in [-0.3, -0.25) is 0 Å². The first-order valence-electron chi connectivity index (χ1n) is 8.14. The fourth-order valence-corrected chi connectivity index (χ4v) is 5.93. The molecule has 0 saturated heterocycles. The molecule has 2 fully saturated rings. The Bertz CT molecular complexity index is 457. The highest BCUT2D eigenvalue weighted by molar-refractivity contribution is 7.10. The highest BCUT2D eigenvalue weighted by Crippen LogP contribution is 2.62. The van der Waals surface area contributed by atoms with Gasteiger partial charge in [0, 0.05) is 17.0 Å². The average Bonchev–Trinajstić information content (AvgIpc) is 3.01. The van der Waals surface area contributed by atoms with E-state index < -0.39 is 0 Å². The standard InChI is InChI=1S/C18H29NS/c1-12(2)15(14-7-6-10-20-14)19-16-17(3,4)13-8-9-18(16,5)11-13/h6-7,10,12-13,15-16,19H,8-9,11H2,1-5H3/t13-,15?,16?,18+/m0/s1. The van der Waals surface area contributed by atoms with E-state index in [0.717, 1.165) is 5.92 Å². The van der Waals surface area contributed by atoms with Gasteiger partial charge < -0.3 is 5.32 Å². The van der Waals surface area contributed by atoms with E-state index in [1.54, 1.807) is 0 Å². The monoisotopic (exact) mass is 291 g/mol. The zero-order chi connectivity index (χ0) is 14.5. The fraction of sp³-hybridized carbons (Fsp3) is 0.778. The van der Waals surface area contributed by atoms with Crippen LogP contribution in [0, 0.1) is 22.7 Å². The summed E-state index contributed by atoms with van der Waals surface area (Å²) >= 11 is 1.90. The molecule has 2 aliphatic rings. The lowest BCUT2D eigenvalue weighted by atomic mass is 9.68. The van der Waals surface area contributed by atoms with Crippen LogP contribution in [0.25, 0.3) is 0 Å². The molecule has 2 unspecified atom stereocenters. The summed E-state index contributed by atoms with van der Waals surface area (Å²) in [6.07, 6.45) is 4.27. The molecule has 112 valence electrons.